The molecule has 0 aliphatic carbocycles. The van der Waals surface area contributed by atoms with E-state index in [9.17, 15) is 4.79 Å². The molecule has 1 rings (SSSR count). The number of halogens is 1. The molecule has 7 heteroatoms. The molecule has 0 aliphatic rings. The van der Waals surface area contributed by atoms with Gasteiger partial charge in [0.1, 0.15) is 0 Å². The minimum atomic E-state index is -0.940. The Balaban J connectivity index is 2.53. The van der Waals surface area contributed by atoms with Crippen LogP contribution in [0.15, 0.2) is 4.60 Å². The Morgan fingerprint density at radius 2 is 2.29 bits per heavy atom. The highest BCUT2D eigenvalue weighted by molar-refractivity contribution is 9.10. The third-order valence-electron chi connectivity index (χ3n) is 1.75. The Bertz CT molecular complexity index is 338. The van der Waals surface area contributed by atoms with Crippen LogP contribution in [0.1, 0.15) is 5.69 Å². The van der Waals surface area contributed by atoms with Crippen LogP contribution in [0, 0.1) is 0 Å². The van der Waals surface area contributed by atoms with Gasteiger partial charge in [-0.1, -0.05) is 0 Å². The second-order valence-electron chi connectivity index (χ2n) is 2.88. The average molecular weight is 263 g/mol. The number of rotatable bonds is 3. The first-order chi connectivity index (χ1) is 6.50. The highest BCUT2D eigenvalue weighted by atomic mass is 79.9. The van der Waals surface area contributed by atoms with Gasteiger partial charge in [0.2, 0.25) is 0 Å². The Morgan fingerprint density at radius 3 is 2.71 bits per heavy atom. The molecule has 0 unspecified atom stereocenters. The normalized spacial score (nSPS) is 10.2. The van der Waals surface area contributed by atoms with Gasteiger partial charge in [-0.2, -0.15) is 9.90 Å². The zero-order chi connectivity index (χ0) is 10.7. The highest BCUT2D eigenvalue weighted by Gasteiger charge is 2.10. The van der Waals surface area contributed by atoms with Crippen molar-refractivity contribution in [3.05, 3.63) is 10.3 Å². The van der Waals surface area contributed by atoms with E-state index in [1.165, 1.54) is 16.7 Å². The quantitative estimate of drug-likeness (QED) is 0.872. The molecule has 1 aromatic heterocycles. The summed E-state index contributed by atoms with van der Waals surface area (Å²) in [6.45, 7) is 0.409. The van der Waals surface area contributed by atoms with Crippen molar-refractivity contribution >= 4 is 22.0 Å². The molecule has 1 heterocycles. The molecule has 0 radical (unpaired) electrons. The van der Waals surface area contributed by atoms with Gasteiger partial charge in [0, 0.05) is 27.1 Å². The maximum absolute atomic E-state index is 10.5. The molecule has 0 saturated heterocycles. The third kappa shape index (κ3) is 2.69. The number of nitrogens with zero attached hydrogens (tertiary/aromatic N) is 4. The number of aryl methyl sites for hydroxylation is 1. The summed E-state index contributed by atoms with van der Waals surface area (Å²) in [6, 6.07) is 0. The largest absolute Gasteiger partial charge is 0.465 e. The first-order valence-corrected chi connectivity index (χ1v) is 4.79. The number of amides is 1. The SMILES string of the molecule is CN(CCc1nn(C)nc1Br)C(=O)O. The van der Waals surface area contributed by atoms with E-state index in [0.29, 0.717) is 17.6 Å². The molecule has 0 fully saturated rings. The zero-order valence-corrected chi connectivity index (χ0v) is 9.52. The van der Waals surface area contributed by atoms with E-state index in [-0.39, 0.29) is 0 Å². The third-order valence-corrected chi connectivity index (χ3v) is 2.36. The minimum Gasteiger partial charge on any atom is -0.465 e. The number of hydrogen-bond donors (Lipinski definition) is 1. The molecule has 0 saturated carbocycles. The number of carbonyl (C=O) groups is 1. The van der Waals surface area contributed by atoms with Gasteiger partial charge in [-0.25, -0.2) is 4.79 Å². The predicted molar refractivity (Wildman–Crippen MR) is 53.1 cm³/mol. The van der Waals surface area contributed by atoms with Crippen molar-refractivity contribution in [3.8, 4) is 0 Å². The smallest absolute Gasteiger partial charge is 0.407 e. The fourth-order valence-corrected chi connectivity index (χ4v) is 1.45. The summed E-state index contributed by atoms with van der Waals surface area (Å²) < 4.78 is 0.666. The van der Waals surface area contributed by atoms with Crippen molar-refractivity contribution in [2.45, 2.75) is 6.42 Å². The van der Waals surface area contributed by atoms with E-state index in [4.69, 9.17) is 5.11 Å². The van der Waals surface area contributed by atoms with Crippen LogP contribution >= 0.6 is 15.9 Å². The molecule has 78 valence electrons. The van der Waals surface area contributed by atoms with Crippen LogP contribution < -0.4 is 0 Å². The summed E-state index contributed by atoms with van der Waals surface area (Å²) in [5, 5.41) is 16.7. The van der Waals surface area contributed by atoms with Gasteiger partial charge in [0.15, 0.2) is 4.60 Å². The van der Waals surface area contributed by atoms with Crippen LogP contribution in [0.2, 0.25) is 0 Å². The Morgan fingerprint density at radius 1 is 1.64 bits per heavy atom. The van der Waals surface area contributed by atoms with Crippen molar-refractivity contribution in [1.29, 1.82) is 0 Å². The van der Waals surface area contributed by atoms with Crippen LogP contribution in [-0.2, 0) is 13.5 Å². The van der Waals surface area contributed by atoms with Crippen molar-refractivity contribution in [1.82, 2.24) is 19.9 Å². The maximum atomic E-state index is 10.5. The van der Waals surface area contributed by atoms with Gasteiger partial charge in [0.25, 0.3) is 0 Å². The molecular formula is C7H11BrN4O2. The lowest BCUT2D eigenvalue weighted by Crippen LogP contribution is -2.27. The van der Waals surface area contributed by atoms with E-state index in [2.05, 4.69) is 26.1 Å². The second kappa shape index (κ2) is 4.41. The maximum Gasteiger partial charge on any atom is 0.407 e. The molecule has 6 nitrogen and oxygen atoms in total. The Hall–Kier alpha value is -1.11. The van der Waals surface area contributed by atoms with Gasteiger partial charge in [-0.3, -0.25) is 0 Å². The summed E-state index contributed by atoms with van der Waals surface area (Å²) in [5.41, 5.74) is 0.764. The van der Waals surface area contributed by atoms with Crippen molar-refractivity contribution < 1.29 is 9.90 Å². The van der Waals surface area contributed by atoms with E-state index in [0.717, 1.165) is 5.69 Å². The van der Waals surface area contributed by atoms with Crippen LogP contribution in [0.5, 0.6) is 0 Å². The molecule has 0 atom stereocenters. The first kappa shape index (κ1) is 11.0. The van der Waals surface area contributed by atoms with Crippen LogP contribution in [0.4, 0.5) is 4.79 Å². The standard InChI is InChI=1S/C7H11BrN4O2/c1-11(7(13)14)4-3-5-6(8)10-12(2)9-5/h3-4H2,1-2H3,(H,13,14). The number of hydrogen-bond acceptors (Lipinski definition) is 3. The fourth-order valence-electron chi connectivity index (χ4n) is 0.945. The van der Waals surface area contributed by atoms with E-state index < -0.39 is 6.09 Å². The van der Waals surface area contributed by atoms with Crippen LogP contribution in [0.25, 0.3) is 0 Å². The molecule has 0 bridgehead atoms. The van der Waals surface area contributed by atoms with E-state index >= 15 is 0 Å². The molecule has 1 aromatic rings. The van der Waals surface area contributed by atoms with E-state index in [1.54, 1.807) is 7.05 Å². The van der Waals surface area contributed by atoms with Gasteiger partial charge in [-0.05, 0) is 15.9 Å². The summed E-state index contributed by atoms with van der Waals surface area (Å²) in [5.74, 6) is 0. The molecule has 0 spiro atoms. The lowest BCUT2D eigenvalue weighted by molar-refractivity contribution is 0.156. The second-order valence-corrected chi connectivity index (χ2v) is 3.63. The summed E-state index contributed by atoms with van der Waals surface area (Å²) in [4.78, 5) is 13.1. The summed E-state index contributed by atoms with van der Waals surface area (Å²) in [6.07, 6.45) is -0.387. The summed E-state index contributed by atoms with van der Waals surface area (Å²) in [7, 11) is 3.24. The zero-order valence-electron chi connectivity index (χ0n) is 7.94. The minimum absolute atomic E-state index is 0.409. The molecule has 0 aliphatic heterocycles. The molecule has 1 N–H and O–H groups in total. The molecule has 1 amide bonds. The lowest BCUT2D eigenvalue weighted by atomic mass is 10.3. The van der Waals surface area contributed by atoms with Gasteiger partial charge in [0.05, 0.1) is 5.69 Å². The number of aromatic nitrogens is 3. The highest BCUT2D eigenvalue weighted by Crippen LogP contribution is 2.11. The fraction of sp³-hybridized carbons (Fsp3) is 0.571. The average Bonchev–Trinajstić information content (AvgIpc) is 2.40. The number of likely N-dealkylation sites (N-methyl/N-ethyl adjacent to an activating group) is 1. The number of carboxylic acid groups (broad SMARTS) is 1. The van der Waals surface area contributed by atoms with Crippen molar-refractivity contribution in [3.63, 3.8) is 0 Å². The van der Waals surface area contributed by atoms with Gasteiger partial charge >= 0.3 is 6.09 Å². The Kier molecular flexibility index (Phi) is 3.45. The predicted octanol–water partition coefficient (Wildman–Crippen LogP) is 0.730. The summed E-state index contributed by atoms with van der Waals surface area (Å²) >= 11 is 3.24. The Labute approximate surface area is 89.6 Å². The van der Waals surface area contributed by atoms with Crippen molar-refractivity contribution in [2.75, 3.05) is 13.6 Å². The van der Waals surface area contributed by atoms with Gasteiger partial charge in [-0.15, -0.1) is 5.10 Å². The lowest BCUT2D eigenvalue weighted by Gasteiger charge is -2.10. The molecule has 14 heavy (non-hydrogen) atoms. The van der Waals surface area contributed by atoms with Gasteiger partial charge < -0.3 is 10.0 Å². The van der Waals surface area contributed by atoms with Crippen LogP contribution in [-0.4, -0.2) is 44.7 Å². The van der Waals surface area contributed by atoms with E-state index in [1.807, 2.05) is 0 Å². The monoisotopic (exact) mass is 262 g/mol. The van der Waals surface area contributed by atoms with Crippen LogP contribution in [0.3, 0.4) is 0 Å². The first-order valence-electron chi connectivity index (χ1n) is 4.00. The van der Waals surface area contributed by atoms with Crippen molar-refractivity contribution in [2.24, 2.45) is 7.05 Å². The molecular weight excluding hydrogens is 252 g/mol. The topological polar surface area (TPSA) is 71.2 Å². The molecule has 0 aromatic carbocycles.